The molecule has 5 nitrogen and oxygen atoms in total. The van der Waals surface area contributed by atoms with Crippen LogP contribution in [0.25, 0.3) is 0 Å². The minimum Gasteiger partial charge on any atom is -0.508 e. The summed E-state index contributed by atoms with van der Waals surface area (Å²) in [5.41, 5.74) is 6.35. The molecule has 206 valence electrons. The average molecular weight is 503 g/mol. The Morgan fingerprint density at radius 2 is 1.03 bits per heavy atom. The Labute approximate surface area is 221 Å². The highest BCUT2D eigenvalue weighted by molar-refractivity contribution is 6.34. The zero-order chi connectivity index (χ0) is 26.3. The van der Waals surface area contributed by atoms with E-state index in [2.05, 4.69) is 6.92 Å². The summed E-state index contributed by atoms with van der Waals surface area (Å²) in [4.78, 5) is 25.2. The molecule has 1 aromatic rings. The van der Waals surface area contributed by atoms with Gasteiger partial charge in [-0.05, 0) is 37.0 Å². The number of nitrogens with zero attached hydrogens (tertiary/aromatic N) is 1. The van der Waals surface area contributed by atoms with Gasteiger partial charge in [-0.25, -0.2) is 0 Å². The topological polar surface area (TPSA) is 83.6 Å². The van der Waals surface area contributed by atoms with Crippen LogP contribution in [0, 0.1) is 0 Å². The summed E-state index contributed by atoms with van der Waals surface area (Å²) in [5.74, 6) is -1.20. The second-order valence-corrected chi connectivity index (χ2v) is 10.4. The van der Waals surface area contributed by atoms with Gasteiger partial charge < -0.3 is 15.7 Å². The number of unbranched alkanes of at least 4 members (excludes halogenated alkanes) is 17. The fourth-order valence-electron chi connectivity index (χ4n) is 4.81. The van der Waals surface area contributed by atoms with Gasteiger partial charge in [0, 0.05) is 13.1 Å². The average Bonchev–Trinajstić information content (AvgIpc) is 2.87. The second kappa shape index (κ2) is 22.2. The van der Waals surface area contributed by atoms with E-state index in [1.54, 1.807) is 17.0 Å². The molecule has 0 unspecified atom stereocenters. The summed E-state index contributed by atoms with van der Waals surface area (Å²) in [5, 5.41) is 9.38. The summed E-state index contributed by atoms with van der Waals surface area (Å²) in [7, 11) is 0. The number of aryl methyl sites for hydroxylation is 1. The molecule has 1 rings (SSSR count). The van der Waals surface area contributed by atoms with E-state index in [0.717, 1.165) is 31.2 Å². The van der Waals surface area contributed by atoms with Crippen LogP contribution in [0.3, 0.4) is 0 Å². The summed E-state index contributed by atoms with van der Waals surface area (Å²) < 4.78 is 0. The zero-order valence-corrected chi connectivity index (χ0v) is 23.2. The number of aromatic hydroxyl groups is 1. The summed E-state index contributed by atoms with van der Waals surface area (Å²) in [6.45, 7) is 3.40. The number of hydrogen-bond acceptors (Lipinski definition) is 3. The van der Waals surface area contributed by atoms with E-state index in [9.17, 15) is 14.7 Å². The predicted octanol–water partition coefficient (Wildman–Crippen LogP) is 7.68. The molecule has 0 fully saturated rings. The molecule has 0 aliphatic heterocycles. The quantitative estimate of drug-likeness (QED) is 0.119. The minimum absolute atomic E-state index is 0.248. The normalized spacial score (nSPS) is 11.0. The Hall–Kier alpha value is -2.04. The number of nitrogens with two attached hydrogens (primary N) is 1. The fraction of sp³-hybridized carbons (Fsp3) is 0.742. The van der Waals surface area contributed by atoms with Gasteiger partial charge in [0.05, 0.1) is 0 Å². The van der Waals surface area contributed by atoms with Crippen molar-refractivity contribution in [2.24, 2.45) is 5.73 Å². The van der Waals surface area contributed by atoms with Crippen LogP contribution in [0.1, 0.15) is 134 Å². The molecule has 0 saturated heterocycles. The molecule has 0 atom stereocenters. The number of primary amides is 1. The molecule has 0 aromatic heterocycles. The Bertz CT molecular complexity index is 675. The maximum absolute atomic E-state index is 12.2. The summed E-state index contributed by atoms with van der Waals surface area (Å²) >= 11 is 0. The van der Waals surface area contributed by atoms with Gasteiger partial charge in [-0.1, -0.05) is 128 Å². The lowest BCUT2D eigenvalue weighted by Crippen LogP contribution is -2.41. The van der Waals surface area contributed by atoms with Crippen molar-refractivity contribution in [3.8, 4) is 5.75 Å². The summed E-state index contributed by atoms with van der Waals surface area (Å²) in [6.07, 6.45) is 25.5. The van der Waals surface area contributed by atoms with Crippen LogP contribution in [-0.4, -0.2) is 34.9 Å². The van der Waals surface area contributed by atoms with E-state index >= 15 is 0 Å². The standard InChI is InChI=1S/C31H54N2O3/c1-2-3-4-5-6-7-8-9-10-11-12-13-14-15-16-17-18-19-26-33(31(36)30(32)35)27-20-21-28-22-24-29(34)25-23-28/h22-25,34H,2-21,26-27H2,1H3,(H2,32,35). The van der Waals surface area contributed by atoms with Crippen molar-refractivity contribution in [1.29, 1.82) is 0 Å². The highest BCUT2D eigenvalue weighted by Crippen LogP contribution is 2.15. The molecule has 36 heavy (non-hydrogen) atoms. The Balaban J connectivity index is 1.98. The first-order chi connectivity index (χ1) is 17.5. The lowest BCUT2D eigenvalue weighted by Gasteiger charge is -2.21. The van der Waals surface area contributed by atoms with E-state index in [1.807, 2.05) is 12.1 Å². The van der Waals surface area contributed by atoms with Crippen molar-refractivity contribution in [3.05, 3.63) is 29.8 Å². The van der Waals surface area contributed by atoms with Crippen LogP contribution in [0.4, 0.5) is 0 Å². The van der Waals surface area contributed by atoms with Crippen LogP contribution in [0.5, 0.6) is 5.75 Å². The van der Waals surface area contributed by atoms with Crippen LogP contribution in [-0.2, 0) is 16.0 Å². The second-order valence-electron chi connectivity index (χ2n) is 10.4. The highest BCUT2D eigenvalue weighted by Gasteiger charge is 2.18. The third-order valence-electron chi connectivity index (χ3n) is 7.11. The molecular weight excluding hydrogens is 448 g/mol. The molecule has 0 spiro atoms. The van der Waals surface area contributed by atoms with Crippen LogP contribution in [0.2, 0.25) is 0 Å². The van der Waals surface area contributed by atoms with Gasteiger partial charge in [-0.3, -0.25) is 9.59 Å². The molecule has 1 aromatic carbocycles. The van der Waals surface area contributed by atoms with E-state index < -0.39 is 11.8 Å². The Morgan fingerprint density at radius 3 is 1.44 bits per heavy atom. The van der Waals surface area contributed by atoms with Gasteiger partial charge in [-0.2, -0.15) is 0 Å². The Kier molecular flexibility index (Phi) is 19.7. The lowest BCUT2D eigenvalue weighted by atomic mass is 10.0. The number of benzene rings is 1. The maximum atomic E-state index is 12.2. The number of phenols is 1. The van der Waals surface area contributed by atoms with Crippen molar-refractivity contribution < 1.29 is 14.7 Å². The number of carbonyl (C=O) groups excluding carboxylic acids is 2. The molecule has 3 N–H and O–H groups in total. The first-order valence-corrected chi connectivity index (χ1v) is 14.9. The predicted molar refractivity (Wildman–Crippen MR) is 151 cm³/mol. The van der Waals surface area contributed by atoms with E-state index in [-0.39, 0.29) is 5.75 Å². The molecule has 0 saturated carbocycles. The first kappa shape index (κ1) is 32.0. The van der Waals surface area contributed by atoms with Gasteiger partial charge in [0.2, 0.25) is 0 Å². The molecule has 2 amide bonds. The molecule has 0 aliphatic rings. The highest BCUT2D eigenvalue weighted by atomic mass is 16.3. The number of phenolic OH excluding ortho intramolecular Hbond substituents is 1. The smallest absolute Gasteiger partial charge is 0.311 e. The van der Waals surface area contributed by atoms with Crippen molar-refractivity contribution in [1.82, 2.24) is 4.90 Å². The lowest BCUT2D eigenvalue weighted by molar-refractivity contribution is -0.144. The van der Waals surface area contributed by atoms with Crippen LogP contribution in [0.15, 0.2) is 24.3 Å². The van der Waals surface area contributed by atoms with Gasteiger partial charge in [0.15, 0.2) is 0 Å². The third-order valence-corrected chi connectivity index (χ3v) is 7.11. The molecule has 5 heteroatoms. The van der Waals surface area contributed by atoms with Crippen molar-refractivity contribution in [2.45, 2.75) is 135 Å². The van der Waals surface area contributed by atoms with E-state index in [0.29, 0.717) is 13.1 Å². The number of hydrogen-bond donors (Lipinski definition) is 2. The van der Waals surface area contributed by atoms with Crippen molar-refractivity contribution in [3.63, 3.8) is 0 Å². The van der Waals surface area contributed by atoms with Gasteiger partial charge in [-0.15, -0.1) is 0 Å². The molecular formula is C31H54N2O3. The van der Waals surface area contributed by atoms with Crippen molar-refractivity contribution in [2.75, 3.05) is 13.1 Å². The molecule has 0 heterocycles. The SMILES string of the molecule is CCCCCCCCCCCCCCCCCCCCN(CCCc1ccc(O)cc1)C(=O)C(N)=O. The zero-order valence-electron chi connectivity index (χ0n) is 23.2. The fourth-order valence-corrected chi connectivity index (χ4v) is 4.81. The summed E-state index contributed by atoms with van der Waals surface area (Å²) in [6, 6.07) is 7.10. The van der Waals surface area contributed by atoms with E-state index in [1.165, 1.54) is 103 Å². The molecule has 0 radical (unpaired) electrons. The van der Waals surface area contributed by atoms with Crippen LogP contribution >= 0.6 is 0 Å². The Morgan fingerprint density at radius 1 is 0.639 bits per heavy atom. The van der Waals surface area contributed by atoms with Crippen LogP contribution < -0.4 is 5.73 Å². The minimum atomic E-state index is -0.873. The van der Waals surface area contributed by atoms with E-state index in [4.69, 9.17) is 5.73 Å². The molecule has 0 aliphatic carbocycles. The maximum Gasteiger partial charge on any atom is 0.311 e. The largest absolute Gasteiger partial charge is 0.508 e. The first-order valence-electron chi connectivity index (χ1n) is 14.9. The van der Waals surface area contributed by atoms with Gasteiger partial charge in [0.25, 0.3) is 0 Å². The van der Waals surface area contributed by atoms with Gasteiger partial charge in [0.1, 0.15) is 5.75 Å². The third kappa shape index (κ3) is 17.4. The monoisotopic (exact) mass is 502 g/mol. The number of rotatable bonds is 23. The van der Waals surface area contributed by atoms with Crippen molar-refractivity contribution >= 4 is 11.8 Å². The van der Waals surface area contributed by atoms with Gasteiger partial charge >= 0.3 is 11.8 Å². The molecule has 0 bridgehead atoms. The number of carbonyl (C=O) groups is 2. The number of amides is 2.